The molecule has 0 aromatic heterocycles. The Hall–Kier alpha value is -2.17. The summed E-state index contributed by atoms with van der Waals surface area (Å²) in [5.41, 5.74) is 24.5. The van der Waals surface area contributed by atoms with Crippen molar-refractivity contribution in [3.63, 3.8) is 0 Å². The Labute approximate surface area is 328 Å². The van der Waals surface area contributed by atoms with Gasteiger partial charge in [-0.2, -0.15) is 0 Å². The maximum absolute atomic E-state index is 6.40. The monoisotopic (exact) mass is 900 g/mol. The van der Waals surface area contributed by atoms with Crippen LogP contribution in [0.5, 0.6) is 5.75 Å². The fourth-order valence-corrected chi connectivity index (χ4v) is 38.9. The van der Waals surface area contributed by atoms with Gasteiger partial charge in [-0.15, -0.1) is 0 Å². The second-order valence-corrected chi connectivity index (χ2v) is 41.6. The Kier molecular flexibility index (Phi) is 11.7. The zero-order chi connectivity index (χ0) is 35.1. The second-order valence-electron chi connectivity index (χ2n) is 16.7. The third-order valence-electron chi connectivity index (χ3n) is 11.3. The molecule has 4 aromatic carbocycles. The fraction of sp³-hybridized carbons (Fsp3) is 0.391. The van der Waals surface area contributed by atoms with Gasteiger partial charge in [0.2, 0.25) is 0 Å². The Morgan fingerprint density at radius 3 is 1.59 bits per heavy atom. The summed E-state index contributed by atoms with van der Waals surface area (Å²) in [5.74, 6) is 1.06. The standard InChI is InChI=1S/C23H27O.C21H21.C2H6Si.2ClH.Hf/c1-14-8-15(2)11-18(10-14)21-19-12-16(3)9-17(19)13-20(22(21)24-7)23(4,5)6;1-13-7-14(2)10-18(9-13)21-19-6-4-5-16(19)12-17-8-15(3)11-20(17)21;1-3-2;;;/h8-13H,1-7H3;7-12H,4-6H2,1-3H3;1-2H3;2*1H;/q;;;;;+2/p-2. The van der Waals surface area contributed by atoms with E-state index >= 15 is 0 Å². The van der Waals surface area contributed by atoms with Crippen molar-refractivity contribution in [2.24, 2.45) is 0 Å². The zero-order valence-electron chi connectivity index (χ0n) is 32.7. The van der Waals surface area contributed by atoms with Gasteiger partial charge in [0.25, 0.3) is 0 Å². The first-order valence-electron chi connectivity index (χ1n) is 18.3. The SMILES string of the molecule is COc1c(C(C)(C)C)cc2c(c1-c1cc(C)cc(C)c1)C=C(C)[CH]2[Hf+2]([CH]1C(C)=Cc2c1cc1c(c2-c2cc(C)cc(C)c2)CCC1)=[Si](C)C.[Cl-].[Cl-]. The Bertz CT molecular complexity index is 2120. The predicted octanol–water partition coefficient (Wildman–Crippen LogP) is 6.54. The maximum atomic E-state index is 6.40. The first kappa shape index (κ1) is 40.0. The third kappa shape index (κ3) is 7.00. The van der Waals surface area contributed by atoms with Crippen molar-refractivity contribution in [1.29, 1.82) is 0 Å². The van der Waals surface area contributed by atoms with Gasteiger partial charge in [-0.25, -0.2) is 0 Å². The molecule has 0 saturated heterocycles. The van der Waals surface area contributed by atoms with Crippen molar-refractivity contribution in [2.75, 3.05) is 7.11 Å². The molecule has 0 heterocycles. The molecule has 3 aliphatic rings. The van der Waals surface area contributed by atoms with Gasteiger partial charge in [0.1, 0.15) is 0 Å². The third-order valence-corrected chi connectivity index (χ3v) is 39.6. The number of hydrogen-bond donors (Lipinski definition) is 0. The smallest absolute Gasteiger partial charge is 1.00 e. The van der Waals surface area contributed by atoms with Crippen LogP contribution in [-0.4, -0.2) is 12.6 Å². The fourth-order valence-electron chi connectivity index (χ4n) is 9.58. The normalized spacial score (nSPS) is 16.9. The van der Waals surface area contributed by atoms with Crippen LogP contribution in [-0.2, 0) is 38.3 Å². The van der Waals surface area contributed by atoms with Crippen molar-refractivity contribution in [3.8, 4) is 28.0 Å². The second kappa shape index (κ2) is 14.9. The Morgan fingerprint density at radius 2 is 1.12 bits per heavy atom. The number of aryl methyl sites for hydroxylation is 5. The summed E-state index contributed by atoms with van der Waals surface area (Å²) < 4.78 is 7.61. The largest absolute Gasteiger partial charge is 1.00 e. The molecule has 51 heavy (non-hydrogen) atoms. The van der Waals surface area contributed by atoms with Crippen LogP contribution in [0, 0.1) is 27.7 Å². The van der Waals surface area contributed by atoms with Crippen LogP contribution in [0.2, 0.25) is 13.1 Å². The summed E-state index contributed by atoms with van der Waals surface area (Å²) in [5, 5.41) is 0. The molecule has 0 amide bonds. The topological polar surface area (TPSA) is 9.23 Å². The molecule has 0 aliphatic heterocycles. The molecule has 0 bridgehead atoms. The van der Waals surface area contributed by atoms with E-state index in [1.54, 1.807) is 44.5 Å². The molecule has 266 valence electrons. The van der Waals surface area contributed by atoms with Crippen LogP contribution in [0.3, 0.4) is 0 Å². The molecule has 2 atom stereocenters. The molecule has 0 fully saturated rings. The molecule has 0 saturated carbocycles. The number of ether oxygens (including phenoxy) is 1. The van der Waals surface area contributed by atoms with Crippen LogP contribution in [0.15, 0.2) is 59.7 Å². The Morgan fingerprint density at radius 1 is 0.647 bits per heavy atom. The van der Waals surface area contributed by atoms with E-state index in [9.17, 15) is 0 Å². The van der Waals surface area contributed by atoms with Gasteiger partial charge in [-0.05, 0) is 0 Å². The van der Waals surface area contributed by atoms with Gasteiger partial charge in [0.05, 0.1) is 0 Å². The molecular weight excluding hydrogens is 846 g/mol. The summed E-state index contributed by atoms with van der Waals surface area (Å²) in [6, 6.07) is 19.6. The average molecular weight is 900 g/mol. The molecule has 7 rings (SSSR count). The van der Waals surface area contributed by atoms with Crippen molar-refractivity contribution >= 4 is 17.6 Å². The average Bonchev–Trinajstić information content (AvgIpc) is 3.68. The predicted molar refractivity (Wildman–Crippen MR) is 210 cm³/mol. The van der Waals surface area contributed by atoms with E-state index < -0.39 is 25.6 Å². The zero-order valence-corrected chi connectivity index (χ0v) is 38.8. The number of halogens is 2. The summed E-state index contributed by atoms with van der Waals surface area (Å²) >= 11 is -2.54. The number of rotatable bonds is 5. The molecule has 5 heteroatoms. The minimum absolute atomic E-state index is 0. The number of fused-ring (bicyclic) bond motifs is 3. The van der Waals surface area contributed by atoms with Crippen LogP contribution >= 0.6 is 0 Å². The quantitative estimate of drug-likeness (QED) is 0.207. The van der Waals surface area contributed by atoms with Gasteiger partial charge in [-0.1, -0.05) is 0 Å². The van der Waals surface area contributed by atoms with E-state index in [1.807, 2.05) is 7.11 Å². The van der Waals surface area contributed by atoms with E-state index in [0.29, 0.717) is 7.35 Å². The summed E-state index contributed by atoms with van der Waals surface area (Å²) in [6.07, 6.45) is 8.94. The van der Waals surface area contributed by atoms with E-state index in [2.05, 4.69) is 136 Å². The molecular formula is C46H54Cl2HfOSi. The summed E-state index contributed by atoms with van der Waals surface area (Å²) in [4.78, 5) is 0. The number of hydrogen-bond acceptors (Lipinski definition) is 1. The van der Waals surface area contributed by atoms with E-state index in [-0.39, 0.29) is 30.2 Å². The number of benzene rings is 4. The van der Waals surface area contributed by atoms with Gasteiger partial charge in [-0.3, -0.25) is 0 Å². The molecule has 0 spiro atoms. The van der Waals surface area contributed by atoms with Crippen molar-refractivity contribution in [3.05, 3.63) is 121 Å². The Balaban J connectivity index is 0.00000252. The van der Waals surface area contributed by atoms with E-state index in [4.69, 9.17) is 4.74 Å². The molecule has 1 nitrogen and oxygen atoms in total. The molecule has 0 N–H and O–H groups in total. The van der Waals surface area contributed by atoms with Gasteiger partial charge < -0.3 is 24.8 Å². The van der Waals surface area contributed by atoms with Crippen molar-refractivity contribution in [1.82, 2.24) is 0 Å². The maximum Gasteiger partial charge on any atom is -1.00 e. The minimum atomic E-state index is -2.54. The van der Waals surface area contributed by atoms with Gasteiger partial charge in [0.15, 0.2) is 0 Å². The first-order chi connectivity index (χ1) is 23.2. The van der Waals surface area contributed by atoms with E-state index in [0.717, 1.165) is 5.75 Å². The van der Waals surface area contributed by atoms with Crippen molar-refractivity contribution < 1.29 is 49.6 Å². The number of allylic oxidation sites excluding steroid dienone is 2. The van der Waals surface area contributed by atoms with E-state index in [1.165, 1.54) is 69.3 Å². The van der Waals surface area contributed by atoms with Crippen LogP contribution in [0.4, 0.5) is 0 Å². The molecule has 3 aliphatic carbocycles. The minimum Gasteiger partial charge on any atom is -1.00 e. The molecule has 2 unspecified atom stereocenters. The van der Waals surface area contributed by atoms with Crippen LogP contribution < -0.4 is 29.6 Å². The van der Waals surface area contributed by atoms with Crippen LogP contribution in [0.25, 0.3) is 34.4 Å². The van der Waals surface area contributed by atoms with Crippen LogP contribution in [0.1, 0.15) is 110 Å². The summed E-state index contributed by atoms with van der Waals surface area (Å²) in [6.45, 7) is 26.3. The number of methoxy groups -OCH3 is 1. The van der Waals surface area contributed by atoms with Crippen molar-refractivity contribution in [2.45, 2.75) is 107 Å². The summed E-state index contributed by atoms with van der Waals surface area (Å²) in [7, 11) is 1.88. The molecule has 0 radical (unpaired) electrons. The van der Waals surface area contributed by atoms with Gasteiger partial charge in [0, 0.05) is 0 Å². The molecule has 4 aromatic rings. The first-order valence-corrected chi connectivity index (χ1v) is 30.4. The van der Waals surface area contributed by atoms with Gasteiger partial charge >= 0.3 is 306 Å².